The first-order valence-corrected chi connectivity index (χ1v) is 11.4. The van der Waals surface area contributed by atoms with Gasteiger partial charge in [0.2, 0.25) is 5.89 Å². The lowest BCUT2D eigenvalue weighted by Gasteiger charge is -2.15. The Labute approximate surface area is 207 Å². The summed E-state index contributed by atoms with van der Waals surface area (Å²) in [6.07, 6.45) is -0.338. The van der Waals surface area contributed by atoms with Crippen molar-refractivity contribution < 1.29 is 9.15 Å². The highest BCUT2D eigenvalue weighted by Gasteiger charge is 2.30. The molecule has 0 fully saturated rings. The van der Waals surface area contributed by atoms with Crippen molar-refractivity contribution in [1.82, 2.24) is 20.0 Å². The molecule has 172 valence electrons. The number of benzene rings is 2. The first-order valence-electron chi connectivity index (χ1n) is 10.3. The number of methoxy groups -OCH3 is 1. The van der Waals surface area contributed by atoms with Crippen LogP contribution in [0.2, 0.25) is 15.1 Å². The van der Waals surface area contributed by atoms with Crippen LogP contribution >= 0.6 is 34.8 Å². The quantitative estimate of drug-likeness (QED) is 0.280. The van der Waals surface area contributed by atoms with Crippen molar-refractivity contribution in [3.8, 4) is 28.5 Å². The zero-order chi connectivity index (χ0) is 23.9. The van der Waals surface area contributed by atoms with Gasteiger partial charge in [0.1, 0.15) is 0 Å². The van der Waals surface area contributed by atoms with E-state index in [-0.39, 0.29) is 11.5 Å². The molecule has 0 N–H and O–H groups in total. The molecule has 0 saturated carbocycles. The van der Waals surface area contributed by atoms with Crippen LogP contribution in [0.25, 0.3) is 28.5 Å². The predicted molar refractivity (Wildman–Crippen MR) is 131 cm³/mol. The van der Waals surface area contributed by atoms with Gasteiger partial charge in [-0.05, 0) is 37.3 Å². The van der Waals surface area contributed by atoms with E-state index in [4.69, 9.17) is 49.1 Å². The van der Waals surface area contributed by atoms with Gasteiger partial charge in [0, 0.05) is 33.7 Å². The zero-order valence-electron chi connectivity index (χ0n) is 18.9. The van der Waals surface area contributed by atoms with Crippen molar-refractivity contribution >= 4 is 34.8 Å². The number of hydrogen-bond acceptors (Lipinski definition) is 5. The molecule has 2 heterocycles. The van der Waals surface area contributed by atoms with E-state index < -0.39 is 0 Å². The van der Waals surface area contributed by atoms with Crippen LogP contribution < -0.4 is 0 Å². The van der Waals surface area contributed by atoms with Crippen LogP contribution in [0.1, 0.15) is 45.3 Å². The molecule has 0 bridgehead atoms. The van der Waals surface area contributed by atoms with E-state index in [1.54, 1.807) is 23.9 Å². The summed E-state index contributed by atoms with van der Waals surface area (Å²) in [7, 11) is 1.64. The Hall–Kier alpha value is -2.38. The normalized spacial score (nSPS) is 12.8. The van der Waals surface area contributed by atoms with Crippen molar-refractivity contribution in [2.75, 3.05) is 7.11 Å². The summed E-state index contributed by atoms with van der Waals surface area (Å²) in [5.74, 6) is 0.818. The van der Waals surface area contributed by atoms with Crippen molar-refractivity contribution in [2.24, 2.45) is 0 Å². The molecule has 1 atom stereocenters. The Balaban J connectivity index is 2.05. The molecule has 2 aromatic heterocycles. The summed E-state index contributed by atoms with van der Waals surface area (Å²) in [5.41, 5.74) is 3.30. The van der Waals surface area contributed by atoms with E-state index in [0.717, 1.165) is 16.8 Å². The summed E-state index contributed by atoms with van der Waals surface area (Å²) in [6, 6.07) is 12.7. The largest absolute Gasteiger partial charge is 0.419 e. The van der Waals surface area contributed by atoms with Crippen molar-refractivity contribution in [2.45, 2.75) is 39.2 Å². The fraction of sp³-hybridized carbons (Fsp3) is 0.292. The summed E-state index contributed by atoms with van der Waals surface area (Å²) in [4.78, 5) is 0. The molecule has 0 radical (unpaired) electrons. The molecule has 9 heteroatoms. The molecule has 4 rings (SSSR count). The first kappa shape index (κ1) is 23.8. The molecule has 0 spiro atoms. The van der Waals surface area contributed by atoms with Crippen molar-refractivity contribution in [3.05, 3.63) is 69.0 Å². The standard InChI is InChI=1S/C24H23Cl3N4O2/c1-13(32-5)19-20(22-28-29-23(33-22)24(2,3)4)30-31(18-11-10-16(26)12-17(18)27)21(19)14-6-8-15(25)9-7-14/h6-13H,1-5H3. The molecule has 1 unspecified atom stereocenters. The van der Waals surface area contributed by atoms with E-state index in [2.05, 4.69) is 10.2 Å². The van der Waals surface area contributed by atoms with Crippen LogP contribution in [0.15, 0.2) is 46.9 Å². The number of rotatable bonds is 5. The fourth-order valence-electron chi connectivity index (χ4n) is 3.43. The van der Waals surface area contributed by atoms with Gasteiger partial charge in [-0.3, -0.25) is 0 Å². The summed E-state index contributed by atoms with van der Waals surface area (Å²) in [5, 5.41) is 15.0. The van der Waals surface area contributed by atoms with Gasteiger partial charge in [-0.1, -0.05) is 67.7 Å². The zero-order valence-corrected chi connectivity index (χ0v) is 21.1. The van der Waals surface area contributed by atoms with Gasteiger partial charge in [-0.15, -0.1) is 10.2 Å². The monoisotopic (exact) mass is 504 g/mol. The third-order valence-corrected chi connectivity index (χ3v) is 6.00. The Kier molecular flexibility index (Phi) is 6.56. The maximum atomic E-state index is 6.58. The van der Waals surface area contributed by atoms with Gasteiger partial charge >= 0.3 is 0 Å². The second-order valence-electron chi connectivity index (χ2n) is 8.67. The number of aromatic nitrogens is 4. The first-order chi connectivity index (χ1) is 15.6. The maximum Gasteiger partial charge on any atom is 0.268 e. The average molecular weight is 506 g/mol. The highest BCUT2D eigenvalue weighted by Crippen LogP contribution is 2.41. The maximum absolute atomic E-state index is 6.58. The highest BCUT2D eigenvalue weighted by molar-refractivity contribution is 6.35. The van der Waals surface area contributed by atoms with Crippen LogP contribution in [0.4, 0.5) is 0 Å². The average Bonchev–Trinajstić information content (AvgIpc) is 3.39. The van der Waals surface area contributed by atoms with Gasteiger partial charge in [0.15, 0.2) is 5.69 Å². The third-order valence-electron chi connectivity index (χ3n) is 5.21. The van der Waals surface area contributed by atoms with E-state index in [1.807, 2.05) is 58.0 Å². The van der Waals surface area contributed by atoms with Gasteiger partial charge in [-0.2, -0.15) is 5.10 Å². The molecular formula is C24H23Cl3N4O2. The molecule has 0 aliphatic rings. The SMILES string of the molecule is COC(C)c1c(-c2nnc(C(C)(C)C)o2)nn(-c2ccc(Cl)cc2Cl)c1-c1ccc(Cl)cc1. The Morgan fingerprint density at radius 2 is 1.64 bits per heavy atom. The summed E-state index contributed by atoms with van der Waals surface area (Å²) in [6.45, 7) is 7.96. The molecule has 33 heavy (non-hydrogen) atoms. The molecule has 2 aromatic carbocycles. The molecule has 0 aliphatic carbocycles. The molecule has 0 saturated heterocycles. The lowest BCUT2D eigenvalue weighted by molar-refractivity contribution is 0.120. The lowest BCUT2D eigenvalue weighted by atomic mass is 9.97. The summed E-state index contributed by atoms with van der Waals surface area (Å²) < 4.78 is 13.5. The number of hydrogen-bond donors (Lipinski definition) is 0. The van der Waals surface area contributed by atoms with Crippen molar-refractivity contribution in [1.29, 1.82) is 0 Å². The van der Waals surface area contributed by atoms with Crippen LogP contribution in [-0.4, -0.2) is 27.1 Å². The fourth-order valence-corrected chi connectivity index (χ4v) is 4.04. The van der Waals surface area contributed by atoms with E-state index in [0.29, 0.717) is 38.2 Å². The Bertz CT molecular complexity index is 1290. The van der Waals surface area contributed by atoms with E-state index >= 15 is 0 Å². The number of halogens is 3. The van der Waals surface area contributed by atoms with Crippen LogP contribution in [0.3, 0.4) is 0 Å². The molecule has 4 aromatic rings. The molecule has 0 amide bonds. The van der Waals surface area contributed by atoms with Crippen LogP contribution in [0.5, 0.6) is 0 Å². The van der Waals surface area contributed by atoms with Gasteiger partial charge < -0.3 is 9.15 Å². The van der Waals surface area contributed by atoms with Crippen LogP contribution in [0, 0.1) is 0 Å². The molecule has 0 aliphatic heterocycles. The smallest absolute Gasteiger partial charge is 0.268 e. The number of nitrogens with zero attached hydrogens (tertiary/aromatic N) is 4. The topological polar surface area (TPSA) is 66.0 Å². The highest BCUT2D eigenvalue weighted by atomic mass is 35.5. The third kappa shape index (κ3) is 4.66. The Morgan fingerprint density at radius 1 is 0.970 bits per heavy atom. The minimum atomic E-state index is -0.338. The molecular weight excluding hydrogens is 483 g/mol. The van der Waals surface area contributed by atoms with Gasteiger partial charge in [0.05, 0.1) is 22.5 Å². The predicted octanol–water partition coefficient (Wildman–Crippen LogP) is 7.55. The Morgan fingerprint density at radius 3 is 2.21 bits per heavy atom. The van der Waals surface area contributed by atoms with Crippen LogP contribution in [-0.2, 0) is 10.2 Å². The van der Waals surface area contributed by atoms with Gasteiger partial charge in [-0.25, -0.2) is 4.68 Å². The minimum Gasteiger partial charge on any atom is -0.419 e. The van der Waals surface area contributed by atoms with Crippen molar-refractivity contribution in [3.63, 3.8) is 0 Å². The summed E-state index contributed by atoms with van der Waals surface area (Å²) >= 11 is 18.9. The van der Waals surface area contributed by atoms with E-state index in [1.165, 1.54) is 0 Å². The second kappa shape index (κ2) is 9.11. The lowest BCUT2D eigenvalue weighted by Crippen LogP contribution is -2.11. The van der Waals surface area contributed by atoms with Gasteiger partial charge in [0.25, 0.3) is 5.89 Å². The molecule has 6 nitrogen and oxygen atoms in total. The minimum absolute atomic E-state index is 0.304. The second-order valence-corrected chi connectivity index (χ2v) is 9.95. The number of ether oxygens (including phenoxy) is 1. The van der Waals surface area contributed by atoms with E-state index in [9.17, 15) is 0 Å².